The van der Waals surface area contributed by atoms with Crippen LogP contribution in [0.15, 0.2) is 47.4 Å². The Hall–Kier alpha value is -3.05. The van der Waals surface area contributed by atoms with E-state index in [-0.39, 0.29) is 16.4 Å². The molecule has 0 spiro atoms. The lowest BCUT2D eigenvalue weighted by atomic mass is 10.2. The van der Waals surface area contributed by atoms with Crippen molar-refractivity contribution in [3.05, 3.63) is 62.9 Å². The van der Waals surface area contributed by atoms with E-state index in [0.717, 1.165) is 17.5 Å². The minimum absolute atomic E-state index is 0.121. The zero-order valence-electron chi connectivity index (χ0n) is 17.2. The van der Waals surface area contributed by atoms with E-state index in [1.807, 2.05) is 0 Å². The highest BCUT2D eigenvalue weighted by Gasteiger charge is 2.34. The molecule has 7 nitrogen and oxygen atoms in total. The van der Waals surface area contributed by atoms with E-state index in [4.69, 9.17) is 11.6 Å². The number of hydrogen-bond acceptors (Lipinski definition) is 6. The lowest BCUT2D eigenvalue weighted by molar-refractivity contribution is -0.137. The van der Waals surface area contributed by atoms with Crippen molar-refractivity contribution in [2.24, 2.45) is 4.99 Å². The monoisotopic (exact) mass is 485 g/mol. The average Bonchev–Trinajstić information content (AvgIpc) is 3.18. The van der Waals surface area contributed by atoms with Crippen LogP contribution in [0.1, 0.15) is 47.1 Å². The number of anilines is 1. The fourth-order valence-corrected chi connectivity index (χ4v) is 3.39. The number of alkyl halides is 3. The molecule has 12 heteroatoms. The first-order valence-electron chi connectivity index (χ1n) is 9.09. The van der Waals surface area contributed by atoms with Crippen LogP contribution in [0.3, 0.4) is 0 Å². The number of halogens is 4. The molecule has 2 rings (SSSR count). The van der Waals surface area contributed by atoms with E-state index >= 15 is 0 Å². The predicted octanol–water partition coefficient (Wildman–Crippen LogP) is 5.19. The van der Waals surface area contributed by atoms with Gasteiger partial charge >= 0.3 is 6.18 Å². The summed E-state index contributed by atoms with van der Waals surface area (Å²) < 4.78 is 38.9. The van der Waals surface area contributed by atoms with Gasteiger partial charge in [-0.1, -0.05) is 23.8 Å². The van der Waals surface area contributed by atoms with Gasteiger partial charge in [0.1, 0.15) is 21.4 Å². The summed E-state index contributed by atoms with van der Waals surface area (Å²) in [7, 11) is 0. The first-order chi connectivity index (χ1) is 14.9. The second kappa shape index (κ2) is 10.5. The molecule has 1 atom stereocenters. The van der Waals surface area contributed by atoms with Gasteiger partial charge in [-0.25, -0.2) is 9.97 Å². The lowest BCUT2D eigenvalue weighted by Gasteiger charge is -2.11. The second-order valence-electron chi connectivity index (χ2n) is 6.52. The Bertz CT molecular complexity index is 1100. The number of carbonyl (C=O) groups excluding carboxylic acids is 2. The molecule has 0 fully saturated rings. The number of pyridine rings is 1. The van der Waals surface area contributed by atoms with E-state index in [2.05, 4.69) is 32.2 Å². The zero-order valence-corrected chi connectivity index (χ0v) is 18.8. The lowest BCUT2D eigenvalue weighted by Crippen LogP contribution is -2.27. The van der Waals surface area contributed by atoms with E-state index in [0.29, 0.717) is 16.6 Å². The maximum Gasteiger partial charge on any atom is 0.418 e. The molecule has 2 N–H and O–H groups in total. The molecule has 0 aliphatic carbocycles. The molecular weight excluding hydrogens is 467 g/mol. The summed E-state index contributed by atoms with van der Waals surface area (Å²) >= 11 is 6.50. The number of nitrogens with one attached hydrogen (secondary N) is 2. The molecule has 32 heavy (non-hydrogen) atoms. The Morgan fingerprint density at radius 3 is 2.59 bits per heavy atom. The highest BCUT2D eigenvalue weighted by Crippen LogP contribution is 2.35. The van der Waals surface area contributed by atoms with Crippen LogP contribution in [-0.2, 0) is 11.0 Å². The van der Waals surface area contributed by atoms with Crippen LogP contribution in [-0.4, -0.2) is 28.0 Å². The number of rotatable bonds is 7. The van der Waals surface area contributed by atoms with Crippen molar-refractivity contribution in [2.45, 2.75) is 33.0 Å². The summed E-state index contributed by atoms with van der Waals surface area (Å²) in [6, 6.07) is 0.0921. The molecule has 0 radical (unpaired) electrons. The molecule has 0 saturated carbocycles. The first-order valence-corrected chi connectivity index (χ1v) is 10.3. The normalized spacial score (nSPS) is 13.2. The Morgan fingerprint density at radius 1 is 1.31 bits per heavy atom. The SMILES string of the molecule is C=C(C)/C=C(\N=C/C)C(=O)N[C@H](C)c1ncc(C(=O)Nc2cc(C(F)(F)F)c(Cl)cn2)s1. The second-order valence-corrected chi connectivity index (χ2v) is 7.99. The molecule has 2 aromatic heterocycles. The maximum absolute atomic E-state index is 13.0. The predicted molar refractivity (Wildman–Crippen MR) is 118 cm³/mol. The largest absolute Gasteiger partial charge is 0.418 e. The smallest absolute Gasteiger partial charge is 0.342 e. The number of nitrogens with zero attached hydrogens (tertiary/aromatic N) is 3. The van der Waals surface area contributed by atoms with Crippen LogP contribution in [0.2, 0.25) is 5.02 Å². The molecular formula is C20H19ClF3N5O2S. The molecule has 2 aromatic rings. The third kappa shape index (κ3) is 6.72. The summed E-state index contributed by atoms with van der Waals surface area (Å²) in [6.45, 7) is 8.78. The minimum Gasteiger partial charge on any atom is -0.342 e. The fraction of sp³-hybridized carbons (Fsp3) is 0.250. The Kier molecular flexibility index (Phi) is 8.28. The van der Waals surface area contributed by atoms with E-state index in [1.165, 1.54) is 18.5 Å². The number of aliphatic imine (C=N–C) groups is 1. The molecule has 0 bridgehead atoms. The van der Waals surface area contributed by atoms with Crippen LogP contribution in [0.5, 0.6) is 0 Å². The van der Waals surface area contributed by atoms with Gasteiger partial charge < -0.3 is 10.6 Å². The molecule has 0 aromatic carbocycles. The number of amides is 2. The van der Waals surface area contributed by atoms with Crippen LogP contribution in [0.25, 0.3) is 0 Å². The topological polar surface area (TPSA) is 96.3 Å². The summed E-state index contributed by atoms with van der Waals surface area (Å²) in [5, 5.41) is 4.84. The Balaban J connectivity index is 2.12. The molecule has 170 valence electrons. The van der Waals surface area contributed by atoms with Gasteiger partial charge in [0.15, 0.2) is 0 Å². The summed E-state index contributed by atoms with van der Waals surface area (Å²) in [5.41, 5.74) is -0.305. The Morgan fingerprint density at radius 2 is 2.00 bits per heavy atom. The van der Waals surface area contributed by atoms with Gasteiger partial charge in [-0.2, -0.15) is 13.2 Å². The molecule has 0 aliphatic rings. The van der Waals surface area contributed by atoms with Crippen molar-refractivity contribution in [1.29, 1.82) is 0 Å². The summed E-state index contributed by atoms with van der Waals surface area (Å²) in [4.78, 5) is 36.8. The number of hydrogen-bond donors (Lipinski definition) is 2. The van der Waals surface area contributed by atoms with Crippen LogP contribution in [0.4, 0.5) is 19.0 Å². The van der Waals surface area contributed by atoms with Crippen molar-refractivity contribution in [3.8, 4) is 0 Å². The number of carbonyl (C=O) groups is 2. The van der Waals surface area contributed by atoms with Gasteiger partial charge in [0.05, 0.1) is 22.8 Å². The Labute approximate surface area is 191 Å². The van der Waals surface area contributed by atoms with Gasteiger partial charge in [0, 0.05) is 12.4 Å². The number of thiazole rings is 1. The minimum atomic E-state index is -4.69. The van der Waals surface area contributed by atoms with Gasteiger partial charge in [-0.15, -0.1) is 11.3 Å². The van der Waals surface area contributed by atoms with Crippen molar-refractivity contribution < 1.29 is 22.8 Å². The third-order valence-electron chi connectivity index (χ3n) is 3.75. The quantitative estimate of drug-likeness (QED) is 0.320. The van der Waals surface area contributed by atoms with Gasteiger partial charge in [0.25, 0.3) is 11.8 Å². The van der Waals surface area contributed by atoms with Gasteiger partial charge in [0.2, 0.25) is 0 Å². The number of aromatic nitrogens is 2. The van der Waals surface area contributed by atoms with Gasteiger partial charge in [-0.3, -0.25) is 14.6 Å². The standard InChI is InChI=1S/C20H19ClF3N5O2S/c1-5-25-14(6-10(2)3)17(30)28-11(4)19-27-9-15(32-19)18(31)29-16-7-12(20(22,23)24)13(21)8-26-16/h5-9,11H,2H2,1,3-4H3,(H,28,30)(H,26,29,31)/b14-6-,25-5-/t11-/m1/s1. The summed E-state index contributed by atoms with van der Waals surface area (Å²) in [6.07, 6.45) is 0.374. The molecule has 2 heterocycles. The van der Waals surface area contributed by atoms with E-state index in [9.17, 15) is 22.8 Å². The van der Waals surface area contributed by atoms with Crippen LogP contribution in [0, 0.1) is 0 Å². The van der Waals surface area contributed by atoms with Crippen LogP contribution < -0.4 is 10.6 Å². The van der Waals surface area contributed by atoms with E-state index < -0.39 is 34.6 Å². The van der Waals surface area contributed by atoms with Crippen molar-refractivity contribution in [3.63, 3.8) is 0 Å². The molecule has 0 saturated heterocycles. The highest BCUT2D eigenvalue weighted by molar-refractivity contribution is 7.13. The van der Waals surface area contributed by atoms with Crippen LogP contribution >= 0.6 is 22.9 Å². The van der Waals surface area contributed by atoms with Crippen molar-refractivity contribution in [2.75, 3.05) is 5.32 Å². The fourth-order valence-electron chi connectivity index (χ4n) is 2.36. The van der Waals surface area contributed by atoms with Crippen molar-refractivity contribution >= 4 is 46.8 Å². The third-order valence-corrected chi connectivity index (χ3v) is 5.23. The molecule has 2 amide bonds. The van der Waals surface area contributed by atoms with Gasteiger partial charge in [-0.05, 0) is 32.9 Å². The summed E-state index contributed by atoms with van der Waals surface area (Å²) in [5.74, 6) is -1.46. The number of allylic oxidation sites excluding steroid dienone is 2. The molecule has 0 aliphatic heterocycles. The van der Waals surface area contributed by atoms with Crippen molar-refractivity contribution in [1.82, 2.24) is 15.3 Å². The average molecular weight is 486 g/mol. The maximum atomic E-state index is 13.0. The van der Waals surface area contributed by atoms with E-state index in [1.54, 1.807) is 20.8 Å². The molecule has 0 unspecified atom stereocenters. The zero-order chi connectivity index (χ0) is 24.1. The highest BCUT2D eigenvalue weighted by atomic mass is 35.5. The first kappa shape index (κ1) is 25.2.